The Labute approximate surface area is 105 Å². The van der Waals surface area contributed by atoms with Gasteiger partial charge in [-0.25, -0.2) is 0 Å². The van der Waals surface area contributed by atoms with Gasteiger partial charge < -0.3 is 5.73 Å². The third kappa shape index (κ3) is 2.19. The lowest BCUT2D eigenvalue weighted by Gasteiger charge is -2.14. The highest BCUT2D eigenvalue weighted by Crippen LogP contribution is 2.27. The van der Waals surface area contributed by atoms with Gasteiger partial charge in [0.05, 0.1) is 6.04 Å². The van der Waals surface area contributed by atoms with Crippen LogP contribution in [0.2, 0.25) is 0 Å². The topological polar surface area (TPSA) is 69.1 Å². The summed E-state index contributed by atoms with van der Waals surface area (Å²) in [7, 11) is 0. The molecule has 1 atom stereocenters. The van der Waals surface area contributed by atoms with Crippen LogP contribution in [0, 0.1) is 5.92 Å². The maximum absolute atomic E-state index is 6.11. The minimum atomic E-state index is -0.0628. The number of aromatic nitrogens is 4. The summed E-state index contributed by atoms with van der Waals surface area (Å²) in [6.07, 6.45) is 0. The molecule has 1 unspecified atom stereocenters. The Kier molecular flexibility index (Phi) is 2.95. The lowest BCUT2D eigenvalue weighted by atomic mass is 9.96. The van der Waals surface area contributed by atoms with Crippen molar-refractivity contribution < 1.29 is 0 Å². The molecule has 0 fully saturated rings. The third-order valence-corrected chi connectivity index (χ3v) is 3.68. The SMILES string of the molecule is CC(C)C(N)c1nn2c(C(C)(C)C)nnc2s1. The van der Waals surface area contributed by atoms with E-state index in [9.17, 15) is 0 Å². The number of hydrogen-bond donors (Lipinski definition) is 1. The molecule has 2 N–H and O–H groups in total. The number of hydrogen-bond acceptors (Lipinski definition) is 5. The van der Waals surface area contributed by atoms with Crippen LogP contribution in [0.15, 0.2) is 0 Å². The average molecular weight is 253 g/mol. The van der Waals surface area contributed by atoms with E-state index in [1.54, 1.807) is 0 Å². The Balaban J connectivity index is 2.49. The van der Waals surface area contributed by atoms with E-state index in [4.69, 9.17) is 5.73 Å². The summed E-state index contributed by atoms with van der Waals surface area (Å²) in [5, 5.41) is 13.8. The van der Waals surface area contributed by atoms with Crippen molar-refractivity contribution in [3.8, 4) is 0 Å². The molecule has 0 aliphatic heterocycles. The zero-order valence-electron chi connectivity index (χ0n) is 10.9. The first kappa shape index (κ1) is 12.4. The molecule has 0 saturated carbocycles. The van der Waals surface area contributed by atoms with Gasteiger partial charge in [0.1, 0.15) is 5.01 Å². The highest BCUT2D eigenvalue weighted by atomic mass is 32.1. The van der Waals surface area contributed by atoms with E-state index in [1.165, 1.54) is 11.3 Å². The fourth-order valence-electron chi connectivity index (χ4n) is 1.52. The quantitative estimate of drug-likeness (QED) is 0.890. The van der Waals surface area contributed by atoms with Crippen LogP contribution in [-0.2, 0) is 5.41 Å². The summed E-state index contributed by atoms with van der Waals surface area (Å²) in [6.45, 7) is 10.5. The van der Waals surface area contributed by atoms with Gasteiger partial charge in [0, 0.05) is 5.41 Å². The second-order valence-electron chi connectivity index (χ2n) is 5.68. The fourth-order valence-corrected chi connectivity index (χ4v) is 2.53. The number of rotatable bonds is 2. The van der Waals surface area contributed by atoms with Gasteiger partial charge in [-0.05, 0) is 5.92 Å². The van der Waals surface area contributed by atoms with Crippen LogP contribution in [0.25, 0.3) is 4.96 Å². The second-order valence-corrected chi connectivity index (χ2v) is 6.67. The first-order valence-electron chi connectivity index (χ1n) is 5.79. The van der Waals surface area contributed by atoms with Gasteiger partial charge in [0.2, 0.25) is 4.96 Å². The van der Waals surface area contributed by atoms with Gasteiger partial charge in [0.25, 0.3) is 0 Å². The molecule has 0 radical (unpaired) electrons. The molecular formula is C11H19N5S. The Morgan fingerprint density at radius 2 is 1.88 bits per heavy atom. The number of nitrogens with zero attached hydrogens (tertiary/aromatic N) is 4. The van der Waals surface area contributed by atoms with Crippen molar-refractivity contribution in [2.75, 3.05) is 0 Å². The van der Waals surface area contributed by atoms with Crippen molar-refractivity contribution in [3.05, 3.63) is 10.8 Å². The maximum atomic E-state index is 6.11. The van der Waals surface area contributed by atoms with Gasteiger partial charge in [0.15, 0.2) is 5.82 Å². The summed E-state index contributed by atoms with van der Waals surface area (Å²) < 4.78 is 1.82. The van der Waals surface area contributed by atoms with E-state index in [0.29, 0.717) is 5.92 Å². The molecular weight excluding hydrogens is 234 g/mol. The molecule has 0 aliphatic rings. The number of fused-ring (bicyclic) bond motifs is 1. The molecule has 6 heteroatoms. The molecule has 5 nitrogen and oxygen atoms in total. The normalized spacial score (nSPS) is 14.8. The Bertz CT molecular complexity index is 519. The van der Waals surface area contributed by atoms with Crippen LogP contribution in [0.3, 0.4) is 0 Å². The molecule has 17 heavy (non-hydrogen) atoms. The smallest absolute Gasteiger partial charge is 0.234 e. The molecule has 0 bridgehead atoms. The zero-order chi connectivity index (χ0) is 12.8. The van der Waals surface area contributed by atoms with Crippen molar-refractivity contribution in [3.63, 3.8) is 0 Å². The van der Waals surface area contributed by atoms with Gasteiger partial charge in [-0.15, -0.1) is 10.2 Å². The van der Waals surface area contributed by atoms with E-state index >= 15 is 0 Å². The molecule has 0 aliphatic carbocycles. The minimum Gasteiger partial charge on any atom is -0.322 e. The summed E-state index contributed by atoms with van der Waals surface area (Å²) in [5.74, 6) is 1.25. The Morgan fingerprint density at radius 3 is 2.41 bits per heavy atom. The van der Waals surface area contributed by atoms with E-state index < -0.39 is 0 Å². The highest BCUT2D eigenvalue weighted by Gasteiger charge is 2.25. The molecule has 2 aromatic heterocycles. The molecule has 0 aromatic carbocycles. The second kappa shape index (κ2) is 4.03. The predicted molar refractivity (Wildman–Crippen MR) is 69.1 cm³/mol. The fraction of sp³-hybridized carbons (Fsp3) is 0.727. The lowest BCUT2D eigenvalue weighted by molar-refractivity contribution is 0.495. The first-order chi connectivity index (χ1) is 7.80. The summed E-state index contributed by atoms with van der Waals surface area (Å²) in [6, 6.07) is -0.0329. The van der Waals surface area contributed by atoms with Crippen molar-refractivity contribution in [2.45, 2.75) is 46.1 Å². The van der Waals surface area contributed by atoms with Crippen molar-refractivity contribution in [1.82, 2.24) is 19.8 Å². The summed E-state index contributed by atoms with van der Waals surface area (Å²) in [5.41, 5.74) is 6.04. The lowest BCUT2D eigenvalue weighted by Crippen LogP contribution is -2.19. The van der Waals surface area contributed by atoms with E-state index in [-0.39, 0.29) is 11.5 Å². The predicted octanol–water partition coefficient (Wildman–Crippen LogP) is 2.14. The number of nitrogens with two attached hydrogens (primary N) is 1. The van der Waals surface area contributed by atoms with Crippen LogP contribution in [0.5, 0.6) is 0 Å². The molecule has 2 rings (SSSR count). The minimum absolute atomic E-state index is 0.0329. The van der Waals surface area contributed by atoms with Crippen molar-refractivity contribution in [2.24, 2.45) is 11.7 Å². The Hall–Kier alpha value is -1.01. The molecule has 2 heterocycles. The van der Waals surface area contributed by atoms with Gasteiger partial charge in [-0.1, -0.05) is 46.0 Å². The largest absolute Gasteiger partial charge is 0.322 e. The summed E-state index contributed by atoms with van der Waals surface area (Å²) >= 11 is 1.52. The van der Waals surface area contributed by atoms with Crippen molar-refractivity contribution >= 4 is 16.3 Å². The first-order valence-corrected chi connectivity index (χ1v) is 6.60. The van der Waals surface area contributed by atoms with E-state index in [2.05, 4.69) is 49.9 Å². The van der Waals surface area contributed by atoms with Crippen LogP contribution in [0.1, 0.15) is 51.5 Å². The molecule has 0 spiro atoms. The standard InChI is InChI=1S/C11H19N5S/c1-6(2)7(12)8-15-16-9(11(3,4)5)13-14-10(16)17-8/h6-7H,12H2,1-5H3. The van der Waals surface area contributed by atoms with Gasteiger partial charge in [-0.2, -0.15) is 9.61 Å². The molecule has 0 amide bonds. The zero-order valence-corrected chi connectivity index (χ0v) is 11.7. The van der Waals surface area contributed by atoms with E-state index in [1.807, 2.05) is 4.52 Å². The molecule has 0 saturated heterocycles. The molecule has 2 aromatic rings. The van der Waals surface area contributed by atoms with Gasteiger partial charge in [-0.3, -0.25) is 0 Å². The van der Waals surface area contributed by atoms with Crippen LogP contribution < -0.4 is 5.73 Å². The van der Waals surface area contributed by atoms with Crippen molar-refractivity contribution in [1.29, 1.82) is 0 Å². The Morgan fingerprint density at radius 1 is 1.24 bits per heavy atom. The van der Waals surface area contributed by atoms with Crippen LogP contribution >= 0.6 is 11.3 Å². The highest BCUT2D eigenvalue weighted by molar-refractivity contribution is 7.16. The van der Waals surface area contributed by atoms with E-state index in [0.717, 1.165) is 15.8 Å². The third-order valence-electron chi connectivity index (χ3n) is 2.68. The van der Waals surface area contributed by atoms with Crippen LogP contribution in [0.4, 0.5) is 0 Å². The van der Waals surface area contributed by atoms with Gasteiger partial charge >= 0.3 is 0 Å². The maximum Gasteiger partial charge on any atom is 0.234 e. The summed E-state index contributed by atoms with van der Waals surface area (Å²) in [4.78, 5) is 0.820. The van der Waals surface area contributed by atoms with Crippen LogP contribution in [-0.4, -0.2) is 19.8 Å². The molecule has 94 valence electrons. The average Bonchev–Trinajstić information content (AvgIpc) is 2.71. The monoisotopic (exact) mass is 253 g/mol.